The lowest BCUT2D eigenvalue weighted by molar-refractivity contribution is 0.155. The highest BCUT2D eigenvalue weighted by molar-refractivity contribution is 5.80. The van der Waals surface area contributed by atoms with Gasteiger partial charge in [0.15, 0.2) is 0 Å². The zero-order chi connectivity index (χ0) is 13.7. The molecule has 2 heterocycles. The number of aliphatic imine (C=N–C) groups is 1. The monoisotopic (exact) mass is 262 g/mol. The van der Waals surface area contributed by atoms with Gasteiger partial charge in [-0.15, -0.1) is 0 Å². The number of aromatic hydroxyl groups is 1. The average Bonchev–Trinajstić information content (AvgIpc) is 2.42. The minimum absolute atomic E-state index is 0.189. The number of hydrogen-bond acceptors (Lipinski definition) is 5. The second-order valence-electron chi connectivity index (χ2n) is 4.99. The molecule has 0 spiro atoms. The predicted molar refractivity (Wildman–Crippen MR) is 77.1 cm³/mol. The predicted octanol–water partition coefficient (Wildman–Crippen LogP) is 0.626. The molecule has 1 aliphatic rings. The maximum Gasteiger partial charge on any atom is 0.142 e. The zero-order valence-corrected chi connectivity index (χ0v) is 11.7. The first kappa shape index (κ1) is 14.0. The fourth-order valence-electron chi connectivity index (χ4n) is 2.21. The Labute approximate surface area is 114 Å². The van der Waals surface area contributed by atoms with Crippen LogP contribution in [0, 0.1) is 0 Å². The topological polar surface area (TPSA) is 52.0 Å². The summed E-state index contributed by atoms with van der Waals surface area (Å²) in [7, 11) is 3.84. The molecule has 0 saturated carbocycles. The van der Waals surface area contributed by atoms with Gasteiger partial charge in [0.2, 0.25) is 0 Å². The van der Waals surface area contributed by atoms with Crippen molar-refractivity contribution in [3.8, 4) is 5.75 Å². The molecular weight excluding hydrogens is 240 g/mol. The van der Waals surface area contributed by atoms with Crippen LogP contribution in [0.4, 0.5) is 0 Å². The Kier molecular flexibility index (Phi) is 4.87. The first-order chi connectivity index (χ1) is 9.19. The molecule has 5 heteroatoms. The van der Waals surface area contributed by atoms with Crippen LogP contribution in [0.15, 0.2) is 17.1 Å². The quantitative estimate of drug-likeness (QED) is 0.809. The van der Waals surface area contributed by atoms with Crippen molar-refractivity contribution in [3.05, 3.63) is 23.5 Å². The Balaban J connectivity index is 1.90. The Morgan fingerprint density at radius 2 is 2.05 bits per heavy atom. The molecule has 5 nitrogen and oxygen atoms in total. The van der Waals surface area contributed by atoms with Gasteiger partial charge in [-0.25, -0.2) is 4.98 Å². The summed E-state index contributed by atoms with van der Waals surface area (Å²) in [6.07, 6.45) is 2.50. The van der Waals surface area contributed by atoms with Crippen molar-refractivity contribution in [1.29, 1.82) is 0 Å². The lowest BCUT2D eigenvalue weighted by Gasteiger charge is -2.32. The molecule has 0 radical (unpaired) electrons. The summed E-state index contributed by atoms with van der Waals surface area (Å²) < 4.78 is 0. The van der Waals surface area contributed by atoms with E-state index >= 15 is 0 Å². The van der Waals surface area contributed by atoms with Gasteiger partial charge in [0.25, 0.3) is 0 Å². The van der Waals surface area contributed by atoms with Crippen LogP contribution in [-0.4, -0.2) is 72.9 Å². The molecule has 0 atom stereocenters. The van der Waals surface area contributed by atoms with E-state index in [1.54, 1.807) is 19.3 Å². The van der Waals surface area contributed by atoms with Crippen LogP contribution in [0.1, 0.15) is 11.4 Å². The molecule has 1 aromatic rings. The summed E-state index contributed by atoms with van der Waals surface area (Å²) in [5.41, 5.74) is 1.56. The Hall–Kier alpha value is -1.46. The summed E-state index contributed by atoms with van der Waals surface area (Å²) in [6.45, 7) is 5.54. The third-order valence-corrected chi connectivity index (χ3v) is 3.49. The summed E-state index contributed by atoms with van der Waals surface area (Å²) in [6, 6.07) is 3.59. The molecule has 1 aliphatic heterocycles. The van der Waals surface area contributed by atoms with Crippen molar-refractivity contribution in [2.75, 3.05) is 46.8 Å². The fourth-order valence-corrected chi connectivity index (χ4v) is 2.21. The fraction of sp³-hybridized carbons (Fsp3) is 0.571. The van der Waals surface area contributed by atoms with Gasteiger partial charge < -0.3 is 14.9 Å². The van der Waals surface area contributed by atoms with Gasteiger partial charge in [0, 0.05) is 51.9 Å². The molecule has 0 bridgehead atoms. The van der Waals surface area contributed by atoms with Crippen molar-refractivity contribution >= 4 is 6.21 Å². The third kappa shape index (κ3) is 4.01. The zero-order valence-electron chi connectivity index (χ0n) is 11.7. The first-order valence-corrected chi connectivity index (χ1v) is 6.71. The van der Waals surface area contributed by atoms with E-state index in [9.17, 15) is 5.11 Å². The van der Waals surface area contributed by atoms with E-state index in [2.05, 4.69) is 26.8 Å². The summed E-state index contributed by atoms with van der Waals surface area (Å²) in [4.78, 5) is 13.1. The van der Waals surface area contributed by atoms with Crippen molar-refractivity contribution in [2.24, 2.45) is 4.99 Å². The largest absolute Gasteiger partial charge is 0.506 e. The third-order valence-electron chi connectivity index (χ3n) is 3.49. The lowest BCUT2D eigenvalue weighted by Crippen LogP contribution is -2.45. The van der Waals surface area contributed by atoms with Crippen LogP contribution in [0.3, 0.4) is 0 Å². The highest BCUT2D eigenvalue weighted by atomic mass is 16.3. The van der Waals surface area contributed by atoms with Gasteiger partial charge in [0.05, 0.1) is 6.21 Å². The first-order valence-electron chi connectivity index (χ1n) is 6.71. The van der Waals surface area contributed by atoms with E-state index in [1.807, 2.05) is 6.07 Å². The standard InChI is InChI=1S/C14H22N4O/c1-15-11-13-14(19)4-3-12(16-13)5-6-18-9-7-17(2)8-10-18/h3-4,11,19H,5-10H2,1-2H3/b15-11+. The smallest absolute Gasteiger partial charge is 0.142 e. The van der Waals surface area contributed by atoms with Gasteiger partial charge in [-0.2, -0.15) is 0 Å². The molecule has 0 aliphatic carbocycles. The Morgan fingerprint density at radius 3 is 2.74 bits per heavy atom. The number of piperazine rings is 1. The maximum atomic E-state index is 9.64. The number of aromatic nitrogens is 1. The van der Waals surface area contributed by atoms with Gasteiger partial charge in [-0.3, -0.25) is 4.99 Å². The van der Waals surface area contributed by atoms with Gasteiger partial charge >= 0.3 is 0 Å². The lowest BCUT2D eigenvalue weighted by atomic mass is 10.2. The number of nitrogens with zero attached hydrogens (tertiary/aromatic N) is 4. The summed E-state index contributed by atoms with van der Waals surface area (Å²) in [5.74, 6) is 0.189. The number of pyridine rings is 1. The molecular formula is C14H22N4O. The van der Waals surface area contributed by atoms with E-state index in [0.717, 1.165) is 44.8 Å². The molecule has 1 fully saturated rings. The number of rotatable bonds is 4. The van der Waals surface area contributed by atoms with E-state index in [-0.39, 0.29) is 5.75 Å². The van der Waals surface area contributed by atoms with Gasteiger partial charge in [-0.1, -0.05) is 0 Å². The molecule has 0 aromatic carbocycles. The van der Waals surface area contributed by atoms with Crippen LogP contribution in [0.5, 0.6) is 5.75 Å². The van der Waals surface area contributed by atoms with Gasteiger partial charge in [0.1, 0.15) is 11.4 Å². The average molecular weight is 262 g/mol. The second-order valence-corrected chi connectivity index (χ2v) is 4.99. The van der Waals surface area contributed by atoms with Crippen LogP contribution in [-0.2, 0) is 6.42 Å². The molecule has 0 amide bonds. The minimum Gasteiger partial charge on any atom is -0.506 e. The summed E-state index contributed by atoms with van der Waals surface area (Å²) in [5, 5.41) is 9.64. The van der Waals surface area contributed by atoms with E-state index in [0.29, 0.717) is 5.69 Å². The van der Waals surface area contributed by atoms with Crippen LogP contribution < -0.4 is 0 Å². The number of hydrogen-bond donors (Lipinski definition) is 1. The molecule has 0 unspecified atom stereocenters. The SMILES string of the molecule is C/N=C/c1nc(CCN2CCN(C)CC2)ccc1O. The van der Waals surface area contributed by atoms with Crippen LogP contribution in [0.2, 0.25) is 0 Å². The molecule has 1 N–H and O–H groups in total. The second kappa shape index (κ2) is 6.63. The normalized spacial score (nSPS) is 18.2. The molecule has 104 valence electrons. The number of likely N-dealkylation sites (N-methyl/N-ethyl adjacent to an activating group) is 1. The van der Waals surface area contributed by atoms with Crippen LogP contribution in [0.25, 0.3) is 0 Å². The van der Waals surface area contributed by atoms with E-state index < -0.39 is 0 Å². The Bertz CT molecular complexity index is 439. The van der Waals surface area contributed by atoms with Gasteiger partial charge in [-0.05, 0) is 19.2 Å². The minimum atomic E-state index is 0.189. The molecule has 1 aromatic heterocycles. The highest BCUT2D eigenvalue weighted by Gasteiger charge is 2.13. The van der Waals surface area contributed by atoms with Crippen molar-refractivity contribution in [2.45, 2.75) is 6.42 Å². The molecule has 19 heavy (non-hydrogen) atoms. The highest BCUT2D eigenvalue weighted by Crippen LogP contribution is 2.13. The van der Waals surface area contributed by atoms with Crippen molar-refractivity contribution in [3.63, 3.8) is 0 Å². The van der Waals surface area contributed by atoms with E-state index in [4.69, 9.17) is 0 Å². The van der Waals surface area contributed by atoms with Crippen molar-refractivity contribution < 1.29 is 5.11 Å². The Morgan fingerprint density at radius 1 is 1.32 bits per heavy atom. The van der Waals surface area contributed by atoms with E-state index in [1.165, 1.54) is 0 Å². The summed E-state index contributed by atoms with van der Waals surface area (Å²) >= 11 is 0. The molecule has 1 saturated heterocycles. The van der Waals surface area contributed by atoms with Crippen LogP contribution >= 0.6 is 0 Å². The molecule has 2 rings (SSSR count). The van der Waals surface area contributed by atoms with Crippen molar-refractivity contribution in [1.82, 2.24) is 14.8 Å². The maximum absolute atomic E-state index is 9.64.